The standard InChI is InChI=1S/C13H14Cl2N4/c1-8-11(15)7-19(18-8)13-5-4-10(14)12(17-13)6-16-9-2-3-9/h4-5,7,9,16H,2-3,6H2,1H3. The molecule has 0 unspecified atom stereocenters. The van der Waals surface area contributed by atoms with Crippen LogP contribution >= 0.6 is 23.2 Å². The zero-order valence-corrected chi connectivity index (χ0v) is 12.0. The summed E-state index contributed by atoms with van der Waals surface area (Å²) in [5.41, 5.74) is 1.63. The lowest BCUT2D eigenvalue weighted by Gasteiger charge is -2.07. The van der Waals surface area contributed by atoms with Crippen LogP contribution in [0.25, 0.3) is 5.82 Å². The third-order valence-corrected chi connectivity index (χ3v) is 3.83. The number of hydrogen-bond acceptors (Lipinski definition) is 3. The van der Waals surface area contributed by atoms with Crippen LogP contribution in [0, 0.1) is 6.92 Å². The van der Waals surface area contributed by atoms with Crippen molar-refractivity contribution in [1.82, 2.24) is 20.1 Å². The van der Waals surface area contributed by atoms with Gasteiger partial charge in [-0.05, 0) is 31.9 Å². The Labute approximate surface area is 121 Å². The zero-order chi connectivity index (χ0) is 13.4. The number of rotatable bonds is 4. The second-order valence-corrected chi connectivity index (χ2v) is 5.57. The predicted octanol–water partition coefficient (Wildman–Crippen LogP) is 3.13. The average molecular weight is 297 g/mol. The minimum absolute atomic E-state index is 0.628. The smallest absolute Gasteiger partial charge is 0.153 e. The molecule has 1 N–H and O–H groups in total. The fourth-order valence-electron chi connectivity index (χ4n) is 1.81. The molecule has 1 aliphatic rings. The van der Waals surface area contributed by atoms with E-state index in [1.54, 1.807) is 10.9 Å². The summed E-state index contributed by atoms with van der Waals surface area (Å²) in [4.78, 5) is 4.54. The van der Waals surface area contributed by atoms with E-state index in [2.05, 4.69) is 15.4 Å². The molecular weight excluding hydrogens is 283 g/mol. The van der Waals surface area contributed by atoms with Gasteiger partial charge in [0.15, 0.2) is 5.82 Å². The first-order chi connectivity index (χ1) is 9.13. The summed E-state index contributed by atoms with van der Waals surface area (Å²) in [5.74, 6) is 0.729. The van der Waals surface area contributed by atoms with Gasteiger partial charge in [-0.25, -0.2) is 9.67 Å². The first-order valence-corrected chi connectivity index (χ1v) is 7.00. The highest BCUT2D eigenvalue weighted by Gasteiger charge is 2.20. The van der Waals surface area contributed by atoms with Gasteiger partial charge in [-0.3, -0.25) is 0 Å². The normalized spacial score (nSPS) is 14.9. The number of aromatic nitrogens is 3. The molecule has 1 aliphatic carbocycles. The molecule has 2 aromatic rings. The van der Waals surface area contributed by atoms with Crippen LogP contribution in [0.5, 0.6) is 0 Å². The van der Waals surface area contributed by atoms with E-state index in [0.717, 1.165) is 17.2 Å². The van der Waals surface area contributed by atoms with Gasteiger partial charge in [-0.15, -0.1) is 0 Å². The minimum Gasteiger partial charge on any atom is -0.308 e. The molecule has 0 amide bonds. The number of nitrogens with one attached hydrogen (secondary N) is 1. The maximum Gasteiger partial charge on any atom is 0.153 e. The number of hydrogen-bond donors (Lipinski definition) is 1. The summed E-state index contributed by atoms with van der Waals surface area (Å²) in [5, 5.41) is 9.03. The van der Waals surface area contributed by atoms with Crippen LogP contribution in [-0.2, 0) is 6.54 Å². The molecule has 100 valence electrons. The van der Waals surface area contributed by atoms with Crippen LogP contribution in [0.2, 0.25) is 10.0 Å². The van der Waals surface area contributed by atoms with Crippen LogP contribution in [0.15, 0.2) is 18.3 Å². The molecule has 0 aromatic carbocycles. The van der Waals surface area contributed by atoms with Crippen molar-refractivity contribution in [2.24, 2.45) is 0 Å². The number of nitrogens with zero attached hydrogens (tertiary/aromatic N) is 3. The molecule has 0 atom stereocenters. The van der Waals surface area contributed by atoms with Crippen molar-refractivity contribution < 1.29 is 0 Å². The second kappa shape index (κ2) is 5.12. The molecule has 3 rings (SSSR count). The van der Waals surface area contributed by atoms with Gasteiger partial charge in [0.05, 0.1) is 27.6 Å². The van der Waals surface area contributed by atoms with E-state index in [9.17, 15) is 0 Å². The number of pyridine rings is 1. The number of halogens is 2. The fourth-order valence-corrected chi connectivity index (χ4v) is 2.11. The van der Waals surface area contributed by atoms with E-state index in [1.807, 2.05) is 19.1 Å². The van der Waals surface area contributed by atoms with E-state index in [4.69, 9.17) is 23.2 Å². The first kappa shape index (κ1) is 12.9. The quantitative estimate of drug-likeness (QED) is 0.942. The lowest BCUT2D eigenvalue weighted by molar-refractivity contribution is 0.670. The Kier molecular flexibility index (Phi) is 3.48. The highest BCUT2D eigenvalue weighted by Crippen LogP contribution is 2.22. The molecule has 1 fully saturated rings. The SMILES string of the molecule is Cc1nn(-c2ccc(Cl)c(CNC3CC3)n2)cc1Cl. The lowest BCUT2D eigenvalue weighted by atomic mass is 10.3. The van der Waals surface area contributed by atoms with Gasteiger partial charge < -0.3 is 5.32 Å². The molecule has 1 saturated carbocycles. The van der Waals surface area contributed by atoms with Gasteiger partial charge in [0.1, 0.15) is 0 Å². The summed E-state index contributed by atoms with van der Waals surface area (Å²) in [6.07, 6.45) is 4.24. The van der Waals surface area contributed by atoms with E-state index in [0.29, 0.717) is 22.6 Å². The summed E-state index contributed by atoms with van der Waals surface area (Å²) in [6.45, 7) is 2.55. The van der Waals surface area contributed by atoms with E-state index < -0.39 is 0 Å². The largest absolute Gasteiger partial charge is 0.308 e. The van der Waals surface area contributed by atoms with Gasteiger partial charge in [0.25, 0.3) is 0 Å². The Morgan fingerprint density at radius 2 is 2.11 bits per heavy atom. The minimum atomic E-state index is 0.628. The van der Waals surface area contributed by atoms with Crippen molar-refractivity contribution >= 4 is 23.2 Å². The van der Waals surface area contributed by atoms with E-state index in [1.165, 1.54) is 12.8 Å². The maximum absolute atomic E-state index is 6.17. The van der Waals surface area contributed by atoms with Crippen molar-refractivity contribution in [2.75, 3.05) is 0 Å². The summed E-state index contributed by atoms with van der Waals surface area (Å²) < 4.78 is 1.68. The highest BCUT2D eigenvalue weighted by atomic mass is 35.5. The average Bonchev–Trinajstić information content (AvgIpc) is 3.15. The van der Waals surface area contributed by atoms with Crippen LogP contribution < -0.4 is 5.32 Å². The van der Waals surface area contributed by atoms with Crippen LogP contribution in [0.4, 0.5) is 0 Å². The molecule has 0 saturated heterocycles. The topological polar surface area (TPSA) is 42.7 Å². The van der Waals surface area contributed by atoms with Crippen LogP contribution in [-0.4, -0.2) is 20.8 Å². The first-order valence-electron chi connectivity index (χ1n) is 6.24. The Morgan fingerprint density at radius 3 is 2.74 bits per heavy atom. The molecule has 2 aromatic heterocycles. The van der Waals surface area contributed by atoms with Gasteiger partial charge in [-0.1, -0.05) is 23.2 Å². The molecule has 19 heavy (non-hydrogen) atoms. The molecular formula is C13H14Cl2N4. The van der Waals surface area contributed by atoms with Gasteiger partial charge in [0, 0.05) is 12.6 Å². The van der Waals surface area contributed by atoms with Gasteiger partial charge >= 0.3 is 0 Å². The molecule has 2 heterocycles. The Hall–Kier alpha value is -1.10. The Morgan fingerprint density at radius 1 is 1.32 bits per heavy atom. The second-order valence-electron chi connectivity index (χ2n) is 4.76. The molecule has 0 aliphatic heterocycles. The lowest BCUT2D eigenvalue weighted by Crippen LogP contribution is -2.17. The van der Waals surface area contributed by atoms with E-state index >= 15 is 0 Å². The predicted molar refractivity (Wildman–Crippen MR) is 76.0 cm³/mol. The van der Waals surface area contributed by atoms with Gasteiger partial charge in [-0.2, -0.15) is 5.10 Å². The van der Waals surface area contributed by atoms with Crippen LogP contribution in [0.3, 0.4) is 0 Å². The molecule has 0 radical (unpaired) electrons. The molecule has 6 heteroatoms. The van der Waals surface area contributed by atoms with Crippen LogP contribution in [0.1, 0.15) is 24.2 Å². The molecule has 0 spiro atoms. The fraction of sp³-hybridized carbons (Fsp3) is 0.385. The maximum atomic E-state index is 6.17. The summed E-state index contributed by atoms with van der Waals surface area (Å²) in [6, 6.07) is 4.31. The van der Waals surface area contributed by atoms with Crippen molar-refractivity contribution in [1.29, 1.82) is 0 Å². The van der Waals surface area contributed by atoms with Crippen molar-refractivity contribution in [3.63, 3.8) is 0 Å². The number of aryl methyl sites for hydroxylation is 1. The van der Waals surface area contributed by atoms with Crippen molar-refractivity contribution in [3.8, 4) is 5.82 Å². The zero-order valence-electron chi connectivity index (χ0n) is 10.5. The Balaban J connectivity index is 1.86. The van der Waals surface area contributed by atoms with E-state index in [-0.39, 0.29) is 0 Å². The van der Waals surface area contributed by atoms with Gasteiger partial charge in [0.2, 0.25) is 0 Å². The summed E-state index contributed by atoms with van der Waals surface area (Å²) >= 11 is 12.2. The third kappa shape index (κ3) is 2.91. The summed E-state index contributed by atoms with van der Waals surface area (Å²) in [7, 11) is 0. The van der Waals surface area contributed by atoms with Crippen molar-refractivity contribution in [3.05, 3.63) is 39.8 Å². The van der Waals surface area contributed by atoms with Crippen molar-refractivity contribution in [2.45, 2.75) is 32.4 Å². The monoisotopic (exact) mass is 296 g/mol. The third-order valence-electron chi connectivity index (χ3n) is 3.11. The highest BCUT2D eigenvalue weighted by molar-refractivity contribution is 6.31. The molecule has 4 nitrogen and oxygen atoms in total. The molecule has 0 bridgehead atoms. The Bertz CT molecular complexity index is 585.